The Bertz CT molecular complexity index is 490. The number of halogens is 4. The van der Waals surface area contributed by atoms with E-state index in [1.165, 1.54) is 4.88 Å². The highest BCUT2D eigenvalue weighted by atomic mass is 79.9. The third-order valence-corrected chi connectivity index (χ3v) is 5.32. The van der Waals surface area contributed by atoms with Crippen LogP contribution in [0.25, 0.3) is 0 Å². The molecule has 0 saturated carbocycles. The van der Waals surface area contributed by atoms with Crippen molar-refractivity contribution in [2.24, 2.45) is 0 Å². The highest BCUT2D eigenvalue weighted by Crippen LogP contribution is 2.38. The second-order valence-corrected chi connectivity index (χ2v) is 7.22. The molecule has 1 atom stereocenters. The summed E-state index contributed by atoms with van der Waals surface area (Å²) in [5, 5.41) is 0.719. The van der Waals surface area contributed by atoms with E-state index in [9.17, 15) is 0 Å². The van der Waals surface area contributed by atoms with Crippen LogP contribution in [-0.2, 0) is 0 Å². The van der Waals surface area contributed by atoms with Gasteiger partial charge in [0.15, 0.2) is 0 Å². The van der Waals surface area contributed by atoms with Crippen LogP contribution < -0.4 is 0 Å². The fourth-order valence-corrected chi connectivity index (χ4v) is 4.00. The molecule has 1 heterocycles. The second kappa shape index (κ2) is 5.40. The summed E-state index contributed by atoms with van der Waals surface area (Å²) in [6, 6.07) is 9.76. The zero-order valence-corrected chi connectivity index (χ0v) is 13.4. The lowest BCUT2D eigenvalue weighted by atomic mass is 10.1. The molecule has 84 valence electrons. The van der Waals surface area contributed by atoms with Crippen LogP contribution in [0.15, 0.2) is 34.8 Å². The van der Waals surface area contributed by atoms with Gasteiger partial charge in [-0.1, -0.05) is 55.1 Å². The quantitative estimate of drug-likeness (QED) is 0.519. The average molecular weight is 401 g/mol. The Morgan fingerprint density at radius 2 is 1.88 bits per heavy atom. The molecule has 0 fully saturated rings. The van der Waals surface area contributed by atoms with Crippen LogP contribution in [0.3, 0.4) is 0 Å². The molecule has 0 radical (unpaired) electrons. The summed E-state index contributed by atoms with van der Waals surface area (Å²) in [6.45, 7) is 0. The Morgan fingerprint density at radius 1 is 1.12 bits per heavy atom. The molecule has 5 heteroatoms. The molecule has 1 unspecified atom stereocenters. The number of alkyl halides is 1. The van der Waals surface area contributed by atoms with Crippen molar-refractivity contribution in [1.82, 2.24) is 0 Å². The van der Waals surface area contributed by atoms with Crippen molar-refractivity contribution in [3.8, 4) is 0 Å². The number of thiophene rings is 1. The molecule has 0 aliphatic rings. The molecule has 1 aromatic heterocycles. The summed E-state index contributed by atoms with van der Waals surface area (Å²) < 4.78 is 1.77. The molecule has 0 nitrogen and oxygen atoms in total. The predicted octanol–water partition coefficient (Wildman–Crippen LogP) is 6.30. The first-order valence-corrected chi connectivity index (χ1v) is 7.69. The van der Waals surface area contributed by atoms with Crippen LogP contribution in [0, 0.1) is 0 Å². The van der Waals surface area contributed by atoms with Crippen LogP contribution in [0.4, 0.5) is 0 Å². The third kappa shape index (κ3) is 3.02. The number of hydrogen-bond acceptors (Lipinski definition) is 1. The van der Waals surface area contributed by atoms with Crippen molar-refractivity contribution in [3.63, 3.8) is 0 Å². The molecule has 0 N–H and O–H groups in total. The minimum absolute atomic E-state index is 0.125. The van der Waals surface area contributed by atoms with E-state index in [0.29, 0.717) is 0 Å². The van der Waals surface area contributed by atoms with Gasteiger partial charge in [-0.2, -0.15) is 0 Å². The van der Waals surface area contributed by atoms with E-state index in [1.54, 1.807) is 11.3 Å². The minimum atomic E-state index is 0.125. The van der Waals surface area contributed by atoms with Crippen molar-refractivity contribution >= 4 is 66.4 Å². The second-order valence-electron chi connectivity index (χ2n) is 3.21. The summed E-state index contributed by atoms with van der Waals surface area (Å²) in [5.74, 6) is 0. The van der Waals surface area contributed by atoms with Gasteiger partial charge < -0.3 is 0 Å². The molecular formula is C11H6Br2Cl2S. The third-order valence-electron chi connectivity index (χ3n) is 2.02. The highest BCUT2D eigenvalue weighted by molar-refractivity contribution is 9.10. The van der Waals surface area contributed by atoms with Crippen LogP contribution >= 0.6 is 66.4 Å². The Kier molecular flexibility index (Phi) is 4.36. The molecular weight excluding hydrogens is 395 g/mol. The standard InChI is InChI=1S/C11H6Br2Cl2S/c12-7-3-6(4-8(14)5-7)11(13)9-1-2-10(15)16-9/h1-5,11H. The van der Waals surface area contributed by atoms with Gasteiger partial charge in [-0.15, -0.1) is 11.3 Å². The summed E-state index contributed by atoms with van der Waals surface area (Å²) in [6.07, 6.45) is 0. The largest absolute Gasteiger partial charge is 0.127 e. The van der Waals surface area contributed by atoms with Crippen molar-refractivity contribution in [3.05, 3.63) is 54.6 Å². The van der Waals surface area contributed by atoms with Gasteiger partial charge in [-0.25, -0.2) is 0 Å². The Hall–Kier alpha value is 0.460. The normalized spacial score (nSPS) is 12.8. The van der Waals surface area contributed by atoms with E-state index >= 15 is 0 Å². The maximum absolute atomic E-state index is 6.01. The minimum Gasteiger partial charge on any atom is -0.127 e. The van der Waals surface area contributed by atoms with Gasteiger partial charge in [0.05, 0.1) is 9.16 Å². The summed E-state index contributed by atoms with van der Waals surface area (Å²) >= 11 is 20.6. The van der Waals surface area contributed by atoms with Crippen LogP contribution in [0.5, 0.6) is 0 Å². The maximum Gasteiger partial charge on any atom is 0.0931 e. The SMILES string of the molecule is Clc1cc(Br)cc(C(Br)c2ccc(Cl)s2)c1. The van der Waals surface area contributed by atoms with Crippen LogP contribution in [-0.4, -0.2) is 0 Å². The molecule has 1 aromatic carbocycles. The topological polar surface area (TPSA) is 0 Å². The first-order chi connectivity index (χ1) is 7.56. The van der Waals surface area contributed by atoms with Crippen molar-refractivity contribution in [1.29, 1.82) is 0 Å². The summed E-state index contributed by atoms with van der Waals surface area (Å²) in [7, 11) is 0. The Balaban J connectivity index is 2.37. The van der Waals surface area contributed by atoms with Gasteiger partial charge in [0.25, 0.3) is 0 Å². The van der Waals surface area contributed by atoms with Crippen LogP contribution in [0.2, 0.25) is 9.36 Å². The molecule has 2 aromatic rings. The van der Waals surface area contributed by atoms with Gasteiger partial charge in [0.1, 0.15) is 0 Å². The number of hydrogen-bond donors (Lipinski definition) is 0. The predicted molar refractivity (Wildman–Crippen MR) is 79.3 cm³/mol. The number of rotatable bonds is 2. The fraction of sp³-hybridized carbons (Fsp3) is 0.0909. The maximum atomic E-state index is 6.01. The summed E-state index contributed by atoms with van der Waals surface area (Å²) in [4.78, 5) is 1.29. The van der Waals surface area contributed by atoms with E-state index in [4.69, 9.17) is 23.2 Å². The Morgan fingerprint density at radius 3 is 2.44 bits per heavy atom. The average Bonchev–Trinajstić information content (AvgIpc) is 2.62. The van der Waals surface area contributed by atoms with Gasteiger partial charge >= 0.3 is 0 Å². The Labute approximate surface area is 125 Å². The van der Waals surface area contributed by atoms with Crippen molar-refractivity contribution in [2.45, 2.75) is 4.83 Å². The molecule has 0 amide bonds. The zero-order chi connectivity index (χ0) is 11.7. The number of benzene rings is 1. The lowest BCUT2D eigenvalue weighted by Crippen LogP contribution is -1.89. The van der Waals surface area contributed by atoms with Gasteiger partial charge in [-0.3, -0.25) is 0 Å². The zero-order valence-electron chi connectivity index (χ0n) is 7.88. The van der Waals surface area contributed by atoms with E-state index in [2.05, 4.69) is 31.9 Å². The van der Waals surface area contributed by atoms with E-state index in [0.717, 1.165) is 19.4 Å². The van der Waals surface area contributed by atoms with E-state index in [1.807, 2.05) is 30.3 Å². The fourth-order valence-electron chi connectivity index (χ4n) is 1.35. The van der Waals surface area contributed by atoms with E-state index in [-0.39, 0.29) is 4.83 Å². The first-order valence-electron chi connectivity index (χ1n) is 4.41. The van der Waals surface area contributed by atoms with E-state index < -0.39 is 0 Å². The monoisotopic (exact) mass is 398 g/mol. The van der Waals surface area contributed by atoms with Gasteiger partial charge in [0.2, 0.25) is 0 Å². The van der Waals surface area contributed by atoms with Crippen molar-refractivity contribution < 1.29 is 0 Å². The molecule has 0 aliphatic heterocycles. The van der Waals surface area contributed by atoms with Crippen LogP contribution in [0.1, 0.15) is 15.3 Å². The first kappa shape index (κ1) is 12.9. The van der Waals surface area contributed by atoms with Gasteiger partial charge in [0, 0.05) is 14.4 Å². The van der Waals surface area contributed by atoms with Crippen molar-refractivity contribution in [2.75, 3.05) is 0 Å². The molecule has 2 rings (SSSR count). The lowest BCUT2D eigenvalue weighted by Gasteiger charge is -2.09. The molecule has 0 spiro atoms. The molecule has 0 saturated heterocycles. The smallest absolute Gasteiger partial charge is 0.0931 e. The highest BCUT2D eigenvalue weighted by Gasteiger charge is 2.13. The molecule has 16 heavy (non-hydrogen) atoms. The lowest BCUT2D eigenvalue weighted by molar-refractivity contribution is 1.22. The molecule has 0 bridgehead atoms. The molecule has 0 aliphatic carbocycles. The van der Waals surface area contributed by atoms with Gasteiger partial charge in [-0.05, 0) is 35.9 Å². The summed E-state index contributed by atoms with van der Waals surface area (Å²) in [5.41, 5.74) is 1.11.